The van der Waals surface area contributed by atoms with Gasteiger partial charge in [-0.2, -0.15) is 0 Å². The van der Waals surface area contributed by atoms with Crippen LogP contribution in [0.2, 0.25) is 15.1 Å². The van der Waals surface area contributed by atoms with Crippen molar-refractivity contribution in [2.75, 3.05) is 5.32 Å². The van der Waals surface area contributed by atoms with E-state index in [0.717, 1.165) is 16.8 Å². The van der Waals surface area contributed by atoms with Crippen LogP contribution in [0.5, 0.6) is 5.75 Å². The van der Waals surface area contributed by atoms with Crippen LogP contribution in [0.3, 0.4) is 0 Å². The predicted octanol–water partition coefficient (Wildman–Crippen LogP) is 7.15. The molecule has 134 valence electrons. The quantitative estimate of drug-likeness (QED) is 0.469. The highest BCUT2D eigenvalue weighted by Crippen LogP contribution is 2.33. The van der Waals surface area contributed by atoms with Gasteiger partial charge in [-0.05, 0) is 54.4 Å². The molecule has 0 fully saturated rings. The van der Waals surface area contributed by atoms with Crippen molar-refractivity contribution in [2.45, 2.75) is 20.1 Å². The Morgan fingerprint density at radius 2 is 1.65 bits per heavy atom. The molecule has 0 amide bonds. The minimum absolute atomic E-state index is 0.399. The molecule has 0 aromatic heterocycles. The molecule has 0 saturated carbocycles. The fourth-order valence-electron chi connectivity index (χ4n) is 2.60. The number of anilines is 1. The summed E-state index contributed by atoms with van der Waals surface area (Å²) in [5.74, 6) is 0.631. The van der Waals surface area contributed by atoms with Crippen molar-refractivity contribution in [2.24, 2.45) is 0 Å². The van der Waals surface area contributed by atoms with Gasteiger partial charge in [0.15, 0.2) is 0 Å². The number of aryl methyl sites for hydroxylation is 1. The van der Waals surface area contributed by atoms with Gasteiger partial charge < -0.3 is 10.1 Å². The second kappa shape index (κ2) is 8.68. The molecule has 0 radical (unpaired) electrons. The van der Waals surface area contributed by atoms with Crippen LogP contribution >= 0.6 is 34.8 Å². The van der Waals surface area contributed by atoms with E-state index in [1.165, 1.54) is 5.56 Å². The zero-order valence-electron chi connectivity index (χ0n) is 14.2. The summed E-state index contributed by atoms with van der Waals surface area (Å²) in [7, 11) is 0. The summed E-state index contributed by atoms with van der Waals surface area (Å²) < 4.78 is 5.99. The summed E-state index contributed by atoms with van der Waals surface area (Å²) in [6.07, 6.45) is 0. The Morgan fingerprint density at radius 3 is 2.38 bits per heavy atom. The molecule has 0 aliphatic rings. The van der Waals surface area contributed by atoms with E-state index in [1.54, 1.807) is 6.07 Å². The van der Waals surface area contributed by atoms with Crippen molar-refractivity contribution in [3.8, 4) is 5.75 Å². The molecule has 2 nitrogen and oxygen atoms in total. The third-order valence-electron chi connectivity index (χ3n) is 3.88. The molecule has 1 N–H and O–H groups in total. The molecule has 5 heteroatoms. The van der Waals surface area contributed by atoms with E-state index in [1.807, 2.05) is 42.5 Å². The van der Waals surface area contributed by atoms with Gasteiger partial charge in [-0.25, -0.2) is 0 Å². The molecule has 0 heterocycles. The van der Waals surface area contributed by atoms with E-state index in [0.29, 0.717) is 34.0 Å². The molecule has 0 unspecified atom stereocenters. The fourth-order valence-corrected chi connectivity index (χ4v) is 3.31. The highest BCUT2D eigenvalue weighted by atomic mass is 35.5. The first-order valence-corrected chi connectivity index (χ1v) is 9.30. The van der Waals surface area contributed by atoms with Crippen molar-refractivity contribution in [3.05, 3.63) is 92.4 Å². The molecule has 3 aromatic rings. The first-order valence-electron chi connectivity index (χ1n) is 8.17. The van der Waals surface area contributed by atoms with E-state index in [-0.39, 0.29) is 0 Å². The van der Waals surface area contributed by atoms with Gasteiger partial charge in [0, 0.05) is 27.8 Å². The zero-order valence-corrected chi connectivity index (χ0v) is 16.5. The maximum Gasteiger partial charge on any atom is 0.143 e. The molecule has 0 bridgehead atoms. The topological polar surface area (TPSA) is 21.3 Å². The van der Waals surface area contributed by atoms with Crippen LogP contribution in [0.4, 0.5) is 5.69 Å². The maximum atomic E-state index is 6.37. The lowest BCUT2D eigenvalue weighted by Crippen LogP contribution is -2.04. The summed E-state index contributed by atoms with van der Waals surface area (Å²) in [5, 5.41) is 5.15. The van der Waals surface area contributed by atoms with E-state index < -0.39 is 0 Å². The Bertz CT molecular complexity index is 894. The Labute approximate surface area is 168 Å². The van der Waals surface area contributed by atoms with Crippen LogP contribution in [0.1, 0.15) is 16.7 Å². The van der Waals surface area contributed by atoms with E-state index >= 15 is 0 Å². The van der Waals surface area contributed by atoms with E-state index in [4.69, 9.17) is 39.5 Å². The molecular weight excluding hydrogens is 389 g/mol. The van der Waals surface area contributed by atoms with Crippen LogP contribution in [0.25, 0.3) is 0 Å². The number of rotatable bonds is 6. The lowest BCUT2D eigenvalue weighted by Gasteiger charge is -2.15. The summed E-state index contributed by atoms with van der Waals surface area (Å²) in [4.78, 5) is 0. The van der Waals surface area contributed by atoms with Gasteiger partial charge in [-0.3, -0.25) is 0 Å². The average molecular weight is 407 g/mol. The van der Waals surface area contributed by atoms with Crippen LogP contribution in [0, 0.1) is 6.92 Å². The Kier molecular flexibility index (Phi) is 6.31. The van der Waals surface area contributed by atoms with Gasteiger partial charge >= 0.3 is 0 Å². The molecule has 0 atom stereocenters. The minimum Gasteiger partial charge on any atom is -0.487 e. The van der Waals surface area contributed by atoms with Crippen LogP contribution < -0.4 is 10.1 Å². The van der Waals surface area contributed by atoms with Gasteiger partial charge in [-0.15, -0.1) is 0 Å². The van der Waals surface area contributed by atoms with Crippen molar-refractivity contribution in [1.29, 1.82) is 0 Å². The predicted molar refractivity (Wildman–Crippen MR) is 111 cm³/mol. The van der Waals surface area contributed by atoms with E-state index in [9.17, 15) is 0 Å². The monoisotopic (exact) mass is 405 g/mol. The highest BCUT2D eigenvalue weighted by molar-refractivity contribution is 6.35. The average Bonchev–Trinajstić information content (AvgIpc) is 2.60. The molecule has 0 aliphatic heterocycles. The van der Waals surface area contributed by atoms with Gasteiger partial charge in [0.05, 0.1) is 5.02 Å². The van der Waals surface area contributed by atoms with Gasteiger partial charge in [0.25, 0.3) is 0 Å². The summed E-state index contributed by atoms with van der Waals surface area (Å²) in [6.45, 7) is 3.01. The van der Waals surface area contributed by atoms with E-state index in [2.05, 4.69) is 24.4 Å². The first-order chi connectivity index (χ1) is 12.5. The number of hydrogen-bond acceptors (Lipinski definition) is 2. The Morgan fingerprint density at radius 1 is 0.885 bits per heavy atom. The summed E-state index contributed by atoms with van der Waals surface area (Å²) in [6, 6.07) is 19.3. The first kappa shape index (κ1) is 18.9. The number of ether oxygens (including phenoxy) is 1. The Hall–Kier alpha value is -1.87. The van der Waals surface area contributed by atoms with Gasteiger partial charge in [-0.1, -0.05) is 59.1 Å². The molecule has 3 aromatic carbocycles. The van der Waals surface area contributed by atoms with Crippen molar-refractivity contribution in [3.63, 3.8) is 0 Å². The third-order valence-corrected chi connectivity index (χ3v) is 4.63. The van der Waals surface area contributed by atoms with Crippen molar-refractivity contribution >= 4 is 40.5 Å². The maximum absolute atomic E-state index is 6.37. The number of halogens is 3. The summed E-state index contributed by atoms with van der Waals surface area (Å²) >= 11 is 18.5. The van der Waals surface area contributed by atoms with Gasteiger partial charge in [0.2, 0.25) is 0 Å². The summed E-state index contributed by atoms with van der Waals surface area (Å²) in [5.41, 5.74) is 4.14. The number of benzene rings is 3. The molecule has 0 spiro atoms. The second-order valence-corrected chi connectivity index (χ2v) is 7.29. The molecule has 0 saturated heterocycles. The normalized spacial score (nSPS) is 10.6. The second-order valence-electron chi connectivity index (χ2n) is 6.01. The van der Waals surface area contributed by atoms with Crippen molar-refractivity contribution in [1.82, 2.24) is 0 Å². The molecule has 26 heavy (non-hydrogen) atoms. The van der Waals surface area contributed by atoms with Crippen LogP contribution in [-0.4, -0.2) is 0 Å². The lowest BCUT2D eigenvalue weighted by atomic mass is 10.1. The molecular formula is C21H18Cl3NO. The number of nitrogens with one attached hydrogen (secondary N) is 1. The van der Waals surface area contributed by atoms with Crippen LogP contribution in [-0.2, 0) is 13.2 Å². The third kappa shape index (κ3) is 5.07. The standard InChI is InChI=1S/C21H18Cl3NO/c1-14-3-2-4-19(9-14)25-12-16-10-18(23)11-20(24)21(16)26-13-15-5-7-17(22)8-6-15/h2-11,25H,12-13H2,1H3. The zero-order chi connectivity index (χ0) is 18.5. The lowest BCUT2D eigenvalue weighted by molar-refractivity contribution is 0.303. The smallest absolute Gasteiger partial charge is 0.143 e. The fraction of sp³-hybridized carbons (Fsp3) is 0.143. The van der Waals surface area contributed by atoms with Crippen LogP contribution in [0.15, 0.2) is 60.7 Å². The highest BCUT2D eigenvalue weighted by Gasteiger charge is 2.11. The minimum atomic E-state index is 0.399. The number of hydrogen-bond donors (Lipinski definition) is 1. The SMILES string of the molecule is Cc1cccc(NCc2cc(Cl)cc(Cl)c2OCc2ccc(Cl)cc2)c1. The molecule has 0 aliphatic carbocycles. The van der Waals surface area contributed by atoms with Crippen molar-refractivity contribution < 1.29 is 4.74 Å². The largest absolute Gasteiger partial charge is 0.487 e. The molecule has 3 rings (SSSR count). The Balaban J connectivity index is 1.76. The van der Waals surface area contributed by atoms with Gasteiger partial charge in [0.1, 0.15) is 12.4 Å².